The lowest BCUT2D eigenvalue weighted by molar-refractivity contribution is -0.145. The van der Waals surface area contributed by atoms with E-state index in [1.54, 1.807) is 0 Å². The van der Waals surface area contributed by atoms with Gasteiger partial charge in [0.1, 0.15) is 0 Å². The van der Waals surface area contributed by atoms with Crippen LogP contribution in [-0.2, 0) is 19.2 Å². The summed E-state index contributed by atoms with van der Waals surface area (Å²) in [5.74, 6) is -4.91. The fourth-order valence-corrected chi connectivity index (χ4v) is 1.48. The lowest BCUT2D eigenvalue weighted by Crippen LogP contribution is -3.00. The van der Waals surface area contributed by atoms with Crippen molar-refractivity contribution in [3.05, 3.63) is 0 Å². The molecule has 0 bridgehead atoms. The summed E-state index contributed by atoms with van der Waals surface area (Å²) in [4.78, 5) is 44.4. The standard InChI is InChI=1S/C10H16N2O8.BrH.H3N/c13-7(14)3-11(4-8(15)16)1-2-12(5-9(17)18)6-10(19)20;;/h1-6H2,(H,13,14)(H,15,16)(H,17,18)(H,19,20);1H;1H3. The van der Waals surface area contributed by atoms with Gasteiger partial charge in [-0.3, -0.25) is 29.0 Å². The molecule has 0 rings (SSSR count). The van der Waals surface area contributed by atoms with Crippen molar-refractivity contribution in [2.24, 2.45) is 0 Å². The Hall–Kier alpha value is -1.76. The maximum Gasteiger partial charge on any atom is 0.317 e. The molecule has 22 heavy (non-hydrogen) atoms. The van der Waals surface area contributed by atoms with Crippen LogP contribution in [0.15, 0.2) is 0 Å². The normalized spacial score (nSPS) is 9.73. The molecule has 0 aromatic rings. The molecule has 0 saturated heterocycles. The first-order valence-corrected chi connectivity index (χ1v) is 5.52. The molecule has 11 nitrogen and oxygen atoms in total. The Bertz CT molecular complexity index is 324. The molecule has 0 aliphatic heterocycles. The zero-order chi connectivity index (χ0) is 15.7. The molecule has 0 fully saturated rings. The second kappa shape index (κ2) is 12.9. The minimum atomic E-state index is -1.23. The van der Waals surface area contributed by atoms with E-state index in [9.17, 15) is 19.2 Å². The Morgan fingerprint density at radius 3 is 0.909 bits per heavy atom. The molecular weight excluding hydrogens is 370 g/mol. The van der Waals surface area contributed by atoms with E-state index < -0.39 is 50.1 Å². The molecule has 0 amide bonds. The van der Waals surface area contributed by atoms with Crippen molar-refractivity contribution in [2.45, 2.75) is 0 Å². The van der Waals surface area contributed by atoms with E-state index in [-0.39, 0.29) is 36.2 Å². The summed E-state index contributed by atoms with van der Waals surface area (Å²) in [6.07, 6.45) is 0. The van der Waals surface area contributed by atoms with Gasteiger partial charge in [-0.1, -0.05) is 0 Å². The number of hydrogen-bond donors (Lipinski definition) is 5. The van der Waals surface area contributed by atoms with Gasteiger partial charge in [0.25, 0.3) is 0 Å². The molecule has 0 aliphatic carbocycles. The molecule has 130 valence electrons. The van der Waals surface area contributed by atoms with Gasteiger partial charge >= 0.3 is 23.9 Å². The van der Waals surface area contributed by atoms with Crippen LogP contribution in [0.3, 0.4) is 0 Å². The molecule has 0 atom stereocenters. The van der Waals surface area contributed by atoms with E-state index in [1.165, 1.54) is 0 Å². The van der Waals surface area contributed by atoms with E-state index in [1.807, 2.05) is 0 Å². The van der Waals surface area contributed by atoms with Crippen molar-refractivity contribution in [3.63, 3.8) is 0 Å². The van der Waals surface area contributed by atoms with E-state index in [0.717, 1.165) is 9.80 Å². The van der Waals surface area contributed by atoms with Crippen LogP contribution >= 0.6 is 0 Å². The van der Waals surface area contributed by atoms with Gasteiger partial charge in [-0.2, -0.15) is 0 Å². The average molecular weight is 390 g/mol. The molecule has 0 aromatic heterocycles. The number of aliphatic carboxylic acids is 4. The van der Waals surface area contributed by atoms with Crippen LogP contribution in [-0.4, -0.2) is 93.4 Å². The number of carbonyl (C=O) groups is 4. The van der Waals surface area contributed by atoms with Crippen LogP contribution in [0.4, 0.5) is 0 Å². The number of carboxylic acids is 4. The number of halogens is 1. The maximum atomic E-state index is 10.6. The number of carboxylic acid groups (broad SMARTS) is 4. The molecular formula is C10H20BrN3O8. The predicted octanol–water partition coefficient (Wildman–Crippen LogP) is -4.69. The molecule has 0 unspecified atom stereocenters. The zero-order valence-corrected chi connectivity index (χ0v) is 13.5. The molecule has 0 saturated carbocycles. The largest absolute Gasteiger partial charge is 1.00 e. The number of hydrogen-bond acceptors (Lipinski definition) is 6. The van der Waals surface area contributed by atoms with Crippen LogP contribution in [0, 0.1) is 0 Å². The van der Waals surface area contributed by atoms with Crippen LogP contribution in [0.1, 0.15) is 0 Å². The molecule has 0 aliphatic rings. The fraction of sp³-hybridized carbons (Fsp3) is 0.600. The van der Waals surface area contributed by atoms with Gasteiger partial charge in [0, 0.05) is 13.1 Å². The third kappa shape index (κ3) is 14.6. The molecule has 0 heterocycles. The minimum absolute atomic E-state index is 0. The van der Waals surface area contributed by atoms with E-state index in [4.69, 9.17) is 20.4 Å². The van der Waals surface area contributed by atoms with Gasteiger partial charge in [0.15, 0.2) is 0 Å². The zero-order valence-electron chi connectivity index (χ0n) is 11.9. The Morgan fingerprint density at radius 1 is 0.591 bits per heavy atom. The highest BCUT2D eigenvalue weighted by Gasteiger charge is 2.17. The average Bonchev–Trinajstić information content (AvgIpc) is 2.22. The summed E-state index contributed by atoms with van der Waals surface area (Å²) < 4.78 is 0. The number of rotatable bonds is 11. The van der Waals surface area contributed by atoms with E-state index >= 15 is 0 Å². The SMILES string of the molecule is O=C(O)CN(CCN(CC(=O)O)CC(=O)O)CC(=O)O.[Br-].[NH4+]. The Labute approximate surface area is 136 Å². The summed E-state index contributed by atoms with van der Waals surface area (Å²) >= 11 is 0. The van der Waals surface area contributed by atoms with Crippen LogP contribution in [0.2, 0.25) is 0 Å². The van der Waals surface area contributed by atoms with Crippen molar-refractivity contribution >= 4 is 23.9 Å². The first-order valence-electron chi connectivity index (χ1n) is 5.52. The smallest absolute Gasteiger partial charge is 0.317 e. The first-order chi connectivity index (χ1) is 9.20. The summed E-state index contributed by atoms with van der Waals surface area (Å²) in [5.41, 5.74) is 0. The molecule has 8 N–H and O–H groups in total. The monoisotopic (exact) mass is 389 g/mol. The van der Waals surface area contributed by atoms with Crippen molar-refractivity contribution in [1.29, 1.82) is 0 Å². The maximum absolute atomic E-state index is 10.6. The summed E-state index contributed by atoms with van der Waals surface area (Å²) in [7, 11) is 0. The quantitative estimate of drug-likeness (QED) is 0.229. The fourth-order valence-electron chi connectivity index (χ4n) is 1.48. The summed E-state index contributed by atoms with van der Waals surface area (Å²) in [6, 6.07) is 0. The van der Waals surface area contributed by atoms with Crippen molar-refractivity contribution < 1.29 is 56.6 Å². The molecule has 0 aromatic carbocycles. The van der Waals surface area contributed by atoms with Gasteiger partial charge in [0.05, 0.1) is 26.2 Å². The Balaban J connectivity index is -0.00000180. The van der Waals surface area contributed by atoms with Gasteiger partial charge in [-0.25, -0.2) is 0 Å². The second-order valence-corrected chi connectivity index (χ2v) is 4.00. The summed E-state index contributed by atoms with van der Waals surface area (Å²) in [5, 5.41) is 34.5. The highest BCUT2D eigenvalue weighted by atomic mass is 79.9. The predicted molar refractivity (Wildman–Crippen MR) is 69.4 cm³/mol. The van der Waals surface area contributed by atoms with Gasteiger partial charge in [-0.15, -0.1) is 0 Å². The Morgan fingerprint density at radius 2 is 0.773 bits per heavy atom. The Kier molecular flexibility index (Phi) is 14.8. The van der Waals surface area contributed by atoms with E-state index in [0.29, 0.717) is 0 Å². The highest BCUT2D eigenvalue weighted by Crippen LogP contribution is 1.94. The van der Waals surface area contributed by atoms with Crippen LogP contribution < -0.4 is 23.1 Å². The third-order valence-electron chi connectivity index (χ3n) is 2.17. The third-order valence-corrected chi connectivity index (χ3v) is 2.17. The van der Waals surface area contributed by atoms with Gasteiger partial charge < -0.3 is 43.6 Å². The molecule has 0 radical (unpaired) electrons. The molecule has 0 spiro atoms. The van der Waals surface area contributed by atoms with E-state index in [2.05, 4.69) is 0 Å². The topological polar surface area (TPSA) is 192 Å². The van der Waals surface area contributed by atoms with Crippen LogP contribution in [0.25, 0.3) is 0 Å². The van der Waals surface area contributed by atoms with Crippen molar-refractivity contribution in [1.82, 2.24) is 16.0 Å². The molecule has 12 heteroatoms. The first kappa shape index (κ1) is 25.2. The van der Waals surface area contributed by atoms with Gasteiger partial charge in [-0.05, 0) is 0 Å². The van der Waals surface area contributed by atoms with Crippen molar-refractivity contribution in [2.75, 3.05) is 39.3 Å². The highest BCUT2D eigenvalue weighted by molar-refractivity contribution is 5.73. The minimum Gasteiger partial charge on any atom is -1.00 e. The number of quaternary nitrogens is 1. The van der Waals surface area contributed by atoms with Crippen LogP contribution in [0.5, 0.6) is 0 Å². The van der Waals surface area contributed by atoms with Crippen molar-refractivity contribution in [3.8, 4) is 0 Å². The number of nitrogens with zero attached hydrogens (tertiary/aromatic N) is 2. The lowest BCUT2D eigenvalue weighted by atomic mass is 10.4. The van der Waals surface area contributed by atoms with Gasteiger partial charge in [0.2, 0.25) is 0 Å². The second-order valence-electron chi connectivity index (χ2n) is 4.00. The lowest BCUT2D eigenvalue weighted by Gasteiger charge is -2.23. The summed E-state index contributed by atoms with van der Waals surface area (Å²) in [6.45, 7) is -2.25.